The molecule has 7 heavy (non-hydrogen) atoms. The highest BCUT2D eigenvalue weighted by Gasteiger charge is 1.79. The third-order valence-corrected chi connectivity index (χ3v) is 0.249. The van der Waals surface area contributed by atoms with Crippen molar-refractivity contribution in [2.75, 3.05) is 0 Å². The van der Waals surface area contributed by atoms with Crippen LogP contribution in [0.2, 0.25) is 0 Å². The molecule has 2 nitrogen and oxygen atoms in total. The summed E-state index contributed by atoms with van der Waals surface area (Å²) in [6, 6.07) is 0. The minimum atomic E-state index is -0.329. The molecule has 0 aliphatic heterocycles. The Kier molecular flexibility index (Phi) is 7.63. The summed E-state index contributed by atoms with van der Waals surface area (Å²) in [5.41, 5.74) is 0. The van der Waals surface area contributed by atoms with E-state index in [4.69, 9.17) is 0 Å². The molecular weight excluding hydrogens is 115 g/mol. The largest absolute Gasteiger partial charge is 0.435 e. The molecule has 0 radical (unpaired) electrons. The first-order valence-corrected chi connectivity index (χ1v) is 1.55. The molecule has 0 saturated carbocycles. The van der Waals surface area contributed by atoms with Gasteiger partial charge in [0.2, 0.25) is 0 Å². The highest BCUT2D eigenvalue weighted by Crippen LogP contribution is 1.70. The third-order valence-electron chi connectivity index (χ3n) is 0.249. The van der Waals surface area contributed by atoms with Gasteiger partial charge in [0.15, 0.2) is 0 Å². The molecular formula is C4H7ClO2. The average molecular weight is 123 g/mol. The van der Waals surface area contributed by atoms with Gasteiger partial charge in [0.1, 0.15) is 0 Å². The maximum absolute atomic E-state index is 9.75. The second-order valence-corrected chi connectivity index (χ2v) is 0.776. The van der Waals surface area contributed by atoms with Crippen molar-refractivity contribution >= 4 is 18.4 Å². The lowest BCUT2D eigenvalue weighted by atomic mass is 10.8. The Hall–Kier alpha value is -0.500. The van der Waals surface area contributed by atoms with Crippen molar-refractivity contribution in [1.29, 1.82) is 0 Å². The summed E-state index contributed by atoms with van der Waals surface area (Å²) in [7, 11) is 0. The van der Waals surface area contributed by atoms with Crippen molar-refractivity contribution in [2.45, 2.75) is 6.92 Å². The molecule has 0 saturated heterocycles. The first-order chi connectivity index (χ1) is 2.77. The Labute approximate surface area is 48.6 Å². The molecule has 0 aromatic rings. The SMILES string of the molecule is C=COC(C)=O.Cl. The van der Waals surface area contributed by atoms with Gasteiger partial charge in [-0.15, -0.1) is 12.4 Å². The van der Waals surface area contributed by atoms with Gasteiger partial charge in [-0.05, 0) is 0 Å². The summed E-state index contributed by atoms with van der Waals surface area (Å²) in [6.45, 7) is 4.48. The minimum absolute atomic E-state index is 0. The average Bonchev–Trinajstić information content (AvgIpc) is 1.35. The molecule has 0 fully saturated rings. The van der Waals surface area contributed by atoms with Crippen molar-refractivity contribution in [3.63, 3.8) is 0 Å². The molecule has 0 bridgehead atoms. The molecule has 3 heteroatoms. The predicted molar refractivity (Wildman–Crippen MR) is 29.2 cm³/mol. The van der Waals surface area contributed by atoms with E-state index in [-0.39, 0.29) is 18.4 Å². The number of ether oxygens (including phenoxy) is 1. The lowest BCUT2D eigenvalue weighted by molar-refractivity contribution is -0.135. The quantitative estimate of drug-likeness (QED) is 0.385. The van der Waals surface area contributed by atoms with Crippen LogP contribution in [0.4, 0.5) is 0 Å². The van der Waals surface area contributed by atoms with E-state index in [1.54, 1.807) is 0 Å². The van der Waals surface area contributed by atoms with E-state index < -0.39 is 0 Å². The number of hydrogen-bond donors (Lipinski definition) is 0. The third kappa shape index (κ3) is 10.8. The number of carbonyl (C=O) groups excluding carboxylic acids is 1. The first-order valence-electron chi connectivity index (χ1n) is 1.55. The van der Waals surface area contributed by atoms with E-state index in [9.17, 15) is 4.79 Å². The summed E-state index contributed by atoms with van der Waals surface area (Å²) < 4.78 is 4.17. The van der Waals surface area contributed by atoms with Crippen molar-refractivity contribution in [3.05, 3.63) is 12.8 Å². The zero-order valence-electron chi connectivity index (χ0n) is 4.01. The van der Waals surface area contributed by atoms with Crippen LogP contribution < -0.4 is 0 Å². The highest BCUT2D eigenvalue weighted by molar-refractivity contribution is 5.85. The van der Waals surface area contributed by atoms with Crippen LogP contribution in [0, 0.1) is 0 Å². The topological polar surface area (TPSA) is 26.3 Å². The van der Waals surface area contributed by atoms with E-state index >= 15 is 0 Å². The normalized spacial score (nSPS) is 5.86. The highest BCUT2D eigenvalue weighted by atomic mass is 35.5. The monoisotopic (exact) mass is 122 g/mol. The van der Waals surface area contributed by atoms with E-state index in [1.165, 1.54) is 6.92 Å². The molecule has 0 aromatic carbocycles. The van der Waals surface area contributed by atoms with Gasteiger partial charge in [-0.25, -0.2) is 0 Å². The first kappa shape index (κ1) is 9.71. The maximum atomic E-state index is 9.75. The number of carbonyl (C=O) groups is 1. The lowest BCUT2D eigenvalue weighted by Gasteiger charge is -1.83. The van der Waals surface area contributed by atoms with Gasteiger partial charge >= 0.3 is 5.97 Å². The number of halogens is 1. The van der Waals surface area contributed by atoms with Gasteiger partial charge in [-0.3, -0.25) is 4.79 Å². The molecule has 0 spiro atoms. The second kappa shape index (κ2) is 5.50. The van der Waals surface area contributed by atoms with Gasteiger partial charge in [0, 0.05) is 6.92 Å². The van der Waals surface area contributed by atoms with Crippen LogP contribution in [0.15, 0.2) is 12.8 Å². The standard InChI is InChI=1S/C4H6O2.ClH/c1-3-6-4(2)5;/h3H,1H2,2H3;1H. The fraction of sp³-hybridized carbons (Fsp3) is 0.250. The van der Waals surface area contributed by atoms with Crippen LogP contribution in [0.25, 0.3) is 0 Å². The zero-order valence-corrected chi connectivity index (χ0v) is 4.83. The molecule has 0 heterocycles. The van der Waals surface area contributed by atoms with E-state index in [2.05, 4.69) is 11.3 Å². The Morgan fingerprint density at radius 2 is 2.29 bits per heavy atom. The number of esters is 1. The molecule has 0 N–H and O–H groups in total. The Bertz CT molecular complexity index is 70.1. The summed E-state index contributed by atoms with van der Waals surface area (Å²) >= 11 is 0. The van der Waals surface area contributed by atoms with Crippen molar-refractivity contribution in [3.8, 4) is 0 Å². The maximum Gasteiger partial charge on any atom is 0.307 e. The Balaban J connectivity index is 0. The van der Waals surface area contributed by atoms with E-state index in [0.29, 0.717) is 0 Å². The fourth-order valence-corrected chi connectivity index (χ4v) is 0.117. The smallest absolute Gasteiger partial charge is 0.307 e. The number of rotatable bonds is 1. The lowest BCUT2D eigenvalue weighted by Crippen LogP contribution is -1.87. The van der Waals surface area contributed by atoms with Crippen LogP contribution in [0.3, 0.4) is 0 Å². The van der Waals surface area contributed by atoms with Crippen molar-refractivity contribution in [2.24, 2.45) is 0 Å². The van der Waals surface area contributed by atoms with Gasteiger partial charge in [0.25, 0.3) is 0 Å². The van der Waals surface area contributed by atoms with Gasteiger partial charge < -0.3 is 4.74 Å². The van der Waals surface area contributed by atoms with E-state index in [1.807, 2.05) is 0 Å². The molecule has 0 aliphatic carbocycles. The minimum Gasteiger partial charge on any atom is -0.435 e. The molecule has 0 atom stereocenters. The molecule has 0 aliphatic rings. The molecule has 42 valence electrons. The summed E-state index contributed by atoms with van der Waals surface area (Å²) in [5, 5.41) is 0. The zero-order chi connectivity index (χ0) is 4.99. The Morgan fingerprint density at radius 3 is 2.29 bits per heavy atom. The van der Waals surface area contributed by atoms with Crippen LogP contribution >= 0.6 is 12.4 Å². The summed E-state index contributed by atoms with van der Waals surface area (Å²) in [5.74, 6) is -0.329. The molecule has 0 aromatic heterocycles. The van der Waals surface area contributed by atoms with Crippen molar-refractivity contribution in [1.82, 2.24) is 0 Å². The van der Waals surface area contributed by atoms with Gasteiger partial charge in [-0.2, -0.15) is 0 Å². The van der Waals surface area contributed by atoms with Crippen LogP contribution in [-0.2, 0) is 9.53 Å². The summed E-state index contributed by atoms with van der Waals surface area (Å²) in [4.78, 5) is 9.75. The Morgan fingerprint density at radius 1 is 1.86 bits per heavy atom. The van der Waals surface area contributed by atoms with Crippen LogP contribution in [0.1, 0.15) is 6.92 Å². The molecule has 0 unspecified atom stereocenters. The molecule has 0 amide bonds. The van der Waals surface area contributed by atoms with Gasteiger partial charge in [-0.1, -0.05) is 6.58 Å². The van der Waals surface area contributed by atoms with E-state index in [0.717, 1.165) is 6.26 Å². The predicted octanol–water partition coefficient (Wildman–Crippen LogP) is 1.11. The number of hydrogen-bond acceptors (Lipinski definition) is 2. The van der Waals surface area contributed by atoms with Crippen LogP contribution in [-0.4, -0.2) is 5.97 Å². The second-order valence-electron chi connectivity index (χ2n) is 0.776. The summed E-state index contributed by atoms with van der Waals surface area (Å²) in [6.07, 6.45) is 1.10. The molecule has 0 rings (SSSR count). The van der Waals surface area contributed by atoms with Gasteiger partial charge in [0.05, 0.1) is 6.26 Å². The fourth-order valence-electron chi connectivity index (χ4n) is 0.117. The van der Waals surface area contributed by atoms with Crippen LogP contribution in [0.5, 0.6) is 0 Å². The van der Waals surface area contributed by atoms with Crippen molar-refractivity contribution < 1.29 is 9.53 Å².